The summed E-state index contributed by atoms with van der Waals surface area (Å²) in [4.78, 5) is 12.9. The summed E-state index contributed by atoms with van der Waals surface area (Å²) in [7, 11) is 0. The highest BCUT2D eigenvalue weighted by Gasteiger charge is 2.08. The van der Waals surface area contributed by atoms with Gasteiger partial charge in [0.05, 0.1) is 4.88 Å². The third-order valence-electron chi connectivity index (χ3n) is 2.81. The highest BCUT2D eigenvalue weighted by Crippen LogP contribution is 2.27. The molecule has 1 amide bonds. The molecule has 0 saturated carbocycles. The highest BCUT2D eigenvalue weighted by atomic mass is 35.5. The summed E-state index contributed by atoms with van der Waals surface area (Å²) in [5.41, 5.74) is 4.07. The Morgan fingerprint density at radius 3 is 2.60 bits per heavy atom. The molecular formula is C14H15ClN2O2S. The van der Waals surface area contributed by atoms with Crippen LogP contribution in [0.4, 0.5) is 0 Å². The minimum absolute atomic E-state index is 0.292. The Kier molecular flexibility index (Phi) is 4.65. The van der Waals surface area contributed by atoms with Gasteiger partial charge in [-0.1, -0.05) is 11.6 Å². The van der Waals surface area contributed by atoms with Crippen LogP contribution in [0, 0.1) is 13.8 Å². The van der Waals surface area contributed by atoms with E-state index in [9.17, 15) is 4.79 Å². The van der Waals surface area contributed by atoms with E-state index in [0.29, 0.717) is 11.5 Å². The zero-order valence-electron chi connectivity index (χ0n) is 11.2. The number of nitrogens with two attached hydrogens (primary N) is 1. The molecule has 106 valence electrons. The van der Waals surface area contributed by atoms with Gasteiger partial charge in [-0.3, -0.25) is 10.2 Å². The van der Waals surface area contributed by atoms with Crippen LogP contribution in [-0.4, -0.2) is 5.91 Å². The molecule has 2 aromatic rings. The lowest BCUT2D eigenvalue weighted by Gasteiger charge is -2.09. The molecule has 0 unspecified atom stereocenters. The van der Waals surface area contributed by atoms with Crippen LogP contribution in [0.25, 0.3) is 0 Å². The number of hydrogen-bond donors (Lipinski definition) is 2. The maximum absolute atomic E-state index is 11.3. The van der Waals surface area contributed by atoms with Gasteiger partial charge in [0.2, 0.25) is 0 Å². The number of carbonyl (C=O) groups is 1. The Balaban J connectivity index is 2.05. The summed E-state index contributed by atoms with van der Waals surface area (Å²) in [5, 5.41) is 0.760. The van der Waals surface area contributed by atoms with Crippen molar-refractivity contribution in [2.45, 2.75) is 20.5 Å². The predicted octanol–water partition coefficient (Wildman–Crippen LogP) is 3.20. The number of thiophene rings is 1. The van der Waals surface area contributed by atoms with Gasteiger partial charge in [-0.2, -0.15) is 0 Å². The normalized spacial score (nSPS) is 10.4. The summed E-state index contributed by atoms with van der Waals surface area (Å²) in [6, 6.07) is 7.38. The van der Waals surface area contributed by atoms with Crippen molar-refractivity contribution < 1.29 is 9.53 Å². The third kappa shape index (κ3) is 3.30. The quantitative estimate of drug-likeness (QED) is 0.518. The molecule has 2 rings (SSSR count). The molecule has 0 aliphatic carbocycles. The average molecular weight is 311 g/mol. The first-order valence-corrected chi connectivity index (χ1v) is 7.20. The van der Waals surface area contributed by atoms with E-state index in [1.165, 1.54) is 11.3 Å². The van der Waals surface area contributed by atoms with Crippen molar-refractivity contribution in [1.29, 1.82) is 0 Å². The Morgan fingerprint density at radius 2 is 2.00 bits per heavy atom. The van der Waals surface area contributed by atoms with Crippen LogP contribution in [0.5, 0.6) is 5.75 Å². The first kappa shape index (κ1) is 14.8. The van der Waals surface area contributed by atoms with E-state index < -0.39 is 0 Å². The van der Waals surface area contributed by atoms with Gasteiger partial charge in [-0.15, -0.1) is 11.3 Å². The summed E-state index contributed by atoms with van der Waals surface area (Å²) in [6.07, 6.45) is 0. The van der Waals surface area contributed by atoms with Crippen LogP contribution in [0.2, 0.25) is 5.02 Å². The van der Waals surface area contributed by atoms with E-state index in [2.05, 4.69) is 5.43 Å². The van der Waals surface area contributed by atoms with Gasteiger partial charge >= 0.3 is 0 Å². The SMILES string of the molecule is Cc1cc(OCc2ccc(C(=O)NN)s2)cc(C)c1Cl. The second-order valence-electron chi connectivity index (χ2n) is 4.40. The standard InChI is InChI=1S/C14H15ClN2O2S/c1-8-5-10(6-9(2)13(8)15)19-7-11-3-4-12(20-11)14(18)17-16/h3-6H,7,16H2,1-2H3,(H,17,18). The first-order valence-electron chi connectivity index (χ1n) is 6.00. The maximum Gasteiger partial charge on any atom is 0.275 e. The number of ether oxygens (including phenoxy) is 1. The second-order valence-corrected chi connectivity index (χ2v) is 5.95. The second kappa shape index (κ2) is 6.26. The lowest BCUT2D eigenvalue weighted by Crippen LogP contribution is -2.29. The molecule has 6 heteroatoms. The molecule has 0 aliphatic rings. The lowest BCUT2D eigenvalue weighted by atomic mass is 10.1. The van der Waals surface area contributed by atoms with E-state index >= 15 is 0 Å². The monoisotopic (exact) mass is 310 g/mol. The molecule has 0 saturated heterocycles. The highest BCUT2D eigenvalue weighted by molar-refractivity contribution is 7.14. The number of nitrogens with one attached hydrogen (secondary N) is 1. The molecule has 0 atom stereocenters. The van der Waals surface area contributed by atoms with Crippen LogP contribution >= 0.6 is 22.9 Å². The number of nitrogen functional groups attached to an aromatic ring is 1. The van der Waals surface area contributed by atoms with Crippen molar-refractivity contribution in [1.82, 2.24) is 5.43 Å². The number of aryl methyl sites for hydroxylation is 2. The fraction of sp³-hybridized carbons (Fsp3) is 0.214. The van der Waals surface area contributed by atoms with E-state index in [0.717, 1.165) is 26.8 Å². The van der Waals surface area contributed by atoms with E-state index in [-0.39, 0.29) is 5.91 Å². The van der Waals surface area contributed by atoms with Crippen molar-refractivity contribution in [3.05, 3.63) is 50.2 Å². The molecule has 1 heterocycles. The van der Waals surface area contributed by atoms with Crippen LogP contribution in [0.15, 0.2) is 24.3 Å². The zero-order valence-corrected chi connectivity index (χ0v) is 12.8. The molecule has 1 aromatic carbocycles. The number of hydrazine groups is 1. The average Bonchev–Trinajstić information content (AvgIpc) is 2.90. The Labute approximate surface area is 126 Å². The minimum atomic E-state index is -0.292. The van der Waals surface area contributed by atoms with Crippen molar-refractivity contribution in [2.75, 3.05) is 0 Å². The first-order chi connectivity index (χ1) is 9.51. The van der Waals surface area contributed by atoms with Gasteiger partial charge in [0.1, 0.15) is 12.4 Å². The number of benzene rings is 1. The number of carbonyl (C=O) groups excluding carboxylic acids is 1. The lowest BCUT2D eigenvalue weighted by molar-refractivity contribution is 0.0957. The van der Waals surface area contributed by atoms with Crippen LogP contribution in [0.3, 0.4) is 0 Å². The molecule has 0 aliphatic heterocycles. The topological polar surface area (TPSA) is 64.3 Å². The van der Waals surface area contributed by atoms with Gasteiger partial charge in [0.25, 0.3) is 5.91 Å². The predicted molar refractivity (Wildman–Crippen MR) is 81.2 cm³/mol. The summed E-state index contributed by atoms with van der Waals surface area (Å²) in [6.45, 7) is 4.29. The molecule has 3 N–H and O–H groups in total. The van der Waals surface area contributed by atoms with E-state index in [1.54, 1.807) is 6.07 Å². The third-order valence-corrected chi connectivity index (χ3v) is 4.46. The molecule has 1 aromatic heterocycles. The minimum Gasteiger partial charge on any atom is -0.488 e. The molecule has 0 fully saturated rings. The smallest absolute Gasteiger partial charge is 0.275 e. The Morgan fingerprint density at radius 1 is 1.35 bits per heavy atom. The maximum atomic E-state index is 11.3. The number of rotatable bonds is 4. The van der Waals surface area contributed by atoms with Gasteiger partial charge in [0, 0.05) is 9.90 Å². The van der Waals surface area contributed by atoms with Gasteiger partial charge < -0.3 is 4.74 Å². The van der Waals surface area contributed by atoms with Crippen molar-refractivity contribution in [3.63, 3.8) is 0 Å². The largest absolute Gasteiger partial charge is 0.488 e. The van der Waals surface area contributed by atoms with Crippen molar-refractivity contribution >= 4 is 28.8 Å². The summed E-state index contributed by atoms with van der Waals surface area (Å²) < 4.78 is 5.72. The van der Waals surface area contributed by atoms with E-state index in [4.69, 9.17) is 22.2 Å². The number of hydrogen-bond acceptors (Lipinski definition) is 4. The Bertz CT molecular complexity index is 617. The fourth-order valence-electron chi connectivity index (χ4n) is 1.79. The van der Waals surface area contributed by atoms with Gasteiger partial charge in [-0.05, 0) is 49.2 Å². The summed E-state index contributed by atoms with van der Waals surface area (Å²) >= 11 is 7.46. The zero-order chi connectivity index (χ0) is 14.7. The van der Waals surface area contributed by atoms with Gasteiger partial charge in [-0.25, -0.2) is 5.84 Å². The molecule has 0 spiro atoms. The number of amides is 1. The molecule has 20 heavy (non-hydrogen) atoms. The number of halogens is 1. The van der Waals surface area contributed by atoms with Crippen LogP contribution < -0.4 is 16.0 Å². The van der Waals surface area contributed by atoms with Crippen molar-refractivity contribution in [2.24, 2.45) is 5.84 Å². The van der Waals surface area contributed by atoms with Crippen LogP contribution in [-0.2, 0) is 6.61 Å². The fourth-order valence-corrected chi connectivity index (χ4v) is 2.73. The van der Waals surface area contributed by atoms with Gasteiger partial charge in [0.15, 0.2) is 0 Å². The van der Waals surface area contributed by atoms with Crippen molar-refractivity contribution in [3.8, 4) is 5.75 Å². The van der Waals surface area contributed by atoms with Crippen LogP contribution in [0.1, 0.15) is 25.7 Å². The molecule has 4 nitrogen and oxygen atoms in total. The molecule has 0 bridgehead atoms. The molecule has 0 radical (unpaired) electrons. The Hall–Kier alpha value is -1.56. The van der Waals surface area contributed by atoms with E-state index in [1.807, 2.05) is 32.0 Å². The molecular weight excluding hydrogens is 296 g/mol. The summed E-state index contributed by atoms with van der Waals surface area (Å²) in [5.74, 6) is 5.56.